The van der Waals surface area contributed by atoms with Crippen LogP contribution in [0, 0.1) is 6.92 Å². The van der Waals surface area contributed by atoms with Gasteiger partial charge in [0, 0.05) is 18.1 Å². The topological polar surface area (TPSA) is 86.8 Å². The van der Waals surface area contributed by atoms with Crippen LogP contribution >= 0.6 is 34.8 Å². The summed E-state index contributed by atoms with van der Waals surface area (Å²) in [6.07, 6.45) is 0.722. The molecule has 1 atom stereocenters. The number of hydrogen-bond donors (Lipinski definition) is 1. The van der Waals surface area contributed by atoms with Crippen LogP contribution in [0.3, 0.4) is 0 Å². The molecule has 1 N–H and O–H groups in total. The Kier molecular flexibility index (Phi) is 10.7. The van der Waals surface area contributed by atoms with Gasteiger partial charge in [0.25, 0.3) is 10.0 Å². The molecule has 208 valence electrons. The van der Waals surface area contributed by atoms with Gasteiger partial charge in [-0.1, -0.05) is 59.9 Å². The van der Waals surface area contributed by atoms with Crippen LogP contribution in [0.1, 0.15) is 31.4 Å². The number of halogens is 3. The van der Waals surface area contributed by atoms with Crippen LogP contribution in [0.4, 0.5) is 5.69 Å². The monoisotopic (exact) mass is 609 g/mol. The number of rotatable bonds is 11. The standard InChI is InChI=1S/C28H30Cl3N3O4S/c1-4-14-32-28(36)20(3)33(17-21-8-13-25(30)26(31)16-21)27(35)18-34(23-7-5-6-19(2)15-23)39(37,38)24-11-9-22(29)10-12-24/h5-13,15-16,20H,4,14,17-18H2,1-3H3,(H,32,36). The molecular weight excluding hydrogens is 581 g/mol. The van der Waals surface area contributed by atoms with E-state index in [-0.39, 0.29) is 17.3 Å². The molecule has 3 rings (SSSR count). The molecule has 0 fully saturated rings. The molecule has 0 radical (unpaired) electrons. The number of nitrogens with zero attached hydrogens (tertiary/aromatic N) is 2. The lowest BCUT2D eigenvalue weighted by atomic mass is 10.1. The van der Waals surface area contributed by atoms with E-state index in [0.29, 0.717) is 32.9 Å². The fraction of sp³-hybridized carbons (Fsp3) is 0.286. The molecular formula is C28H30Cl3N3O4S. The van der Waals surface area contributed by atoms with Crippen LogP contribution in [0.2, 0.25) is 15.1 Å². The maximum absolute atomic E-state index is 13.9. The summed E-state index contributed by atoms with van der Waals surface area (Å²) < 4.78 is 28.6. The summed E-state index contributed by atoms with van der Waals surface area (Å²) in [4.78, 5) is 28.1. The molecule has 39 heavy (non-hydrogen) atoms. The van der Waals surface area contributed by atoms with Crippen LogP contribution < -0.4 is 9.62 Å². The maximum Gasteiger partial charge on any atom is 0.264 e. The van der Waals surface area contributed by atoms with Crippen molar-refractivity contribution in [2.45, 2.75) is 44.7 Å². The average Bonchev–Trinajstić information content (AvgIpc) is 2.90. The predicted octanol–water partition coefficient (Wildman–Crippen LogP) is 6.09. The highest BCUT2D eigenvalue weighted by Crippen LogP contribution is 2.27. The summed E-state index contributed by atoms with van der Waals surface area (Å²) in [5, 5.41) is 3.84. The number of sulfonamides is 1. The Hall–Kier alpha value is -2.78. The normalized spacial score (nSPS) is 12.1. The van der Waals surface area contributed by atoms with Gasteiger partial charge in [0.15, 0.2) is 0 Å². The van der Waals surface area contributed by atoms with E-state index in [1.165, 1.54) is 29.2 Å². The maximum atomic E-state index is 13.9. The van der Waals surface area contributed by atoms with E-state index >= 15 is 0 Å². The minimum absolute atomic E-state index is 0.0130. The van der Waals surface area contributed by atoms with Crippen molar-refractivity contribution in [3.63, 3.8) is 0 Å². The van der Waals surface area contributed by atoms with E-state index in [1.807, 2.05) is 19.9 Å². The smallest absolute Gasteiger partial charge is 0.264 e. The quantitative estimate of drug-likeness (QED) is 0.285. The highest BCUT2D eigenvalue weighted by Gasteiger charge is 2.32. The largest absolute Gasteiger partial charge is 0.354 e. The highest BCUT2D eigenvalue weighted by atomic mass is 35.5. The first kappa shape index (κ1) is 30.8. The molecule has 0 saturated carbocycles. The molecule has 2 amide bonds. The number of benzene rings is 3. The number of carbonyl (C=O) groups is 2. The van der Waals surface area contributed by atoms with Gasteiger partial charge in [-0.25, -0.2) is 8.42 Å². The Bertz CT molecular complexity index is 1430. The molecule has 7 nitrogen and oxygen atoms in total. The van der Waals surface area contributed by atoms with Crippen molar-refractivity contribution in [3.8, 4) is 0 Å². The summed E-state index contributed by atoms with van der Waals surface area (Å²) in [5.74, 6) is -0.924. The predicted molar refractivity (Wildman–Crippen MR) is 157 cm³/mol. The molecule has 0 bridgehead atoms. The Morgan fingerprint density at radius 3 is 2.26 bits per heavy atom. The molecule has 0 aromatic heterocycles. The Balaban J connectivity index is 2.03. The molecule has 11 heteroatoms. The van der Waals surface area contributed by atoms with Crippen LogP contribution in [-0.4, -0.2) is 44.3 Å². The highest BCUT2D eigenvalue weighted by molar-refractivity contribution is 7.92. The fourth-order valence-electron chi connectivity index (χ4n) is 3.86. The summed E-state index contributed by atoms with van der Waals surface area (Å²) in [7, 11) is -4.17. The zero-order valence-electron chi connectivity index (χ0n) is 21.8. The number of aryl methyl sites for hydroxylation is 1. The number of amides is 2. The lowest BCUT2D eigenvalue weighted by Gasteiger charge is -2.32. The number of anilines is 1. The van der Waals surface area contributed by atoms with Crippen molar-refractivity contribution in [1.82, 2.24) is 10.2 Å². The van der Waals surface area contributed by atoms with Gasteiger partial charge in [0.05, 0.1) is 20.6 Å². The molecule has 0 heterocycles. The van der Waals surface area contributed by atoms with Crippen LogP contribution in [0.15, 0.2) is 71.6 Å². The number of nitrogens with one attached hydrogen (secondary N) is 1. The van der Waals surface area contributed by atoms with Gasteiger partial charge >= 0.3 is 0 Å². The minimum Gasteiger partial charge on any atom is -0.354 e. The summed E-state index contributed by atoms with van der Waals surface area (Å²) in [5.41, 5.74) is 1.77. The van der Waals surface area contributed by atoms with Gasteiger partial charge in [-0.15, -0.1) is 0 Å². The molecule has 0 aliphatic heterocycles. The number of hydrogen-bond acceptors (Lipinski definition) is 4. The molecule has 3 aromatic carbocycles. The molecule has 0 aliphatic rings. The summed E-state index contributed by atoms with van der Waals surface area (Å²) in [6.45, 7) is 5.27. The molecule has 3 aromatic rings. The lowest BCUT2D eigenvalue weighted by Crippen LogP contribution is -2.51. The molecule has 0 saturated heterocycles. The third kappa shape index (κ3) is 7.88. The fourth-order valence-corrected chi connectivity index (χ4v) is 5.71. The van der Waals surface area contributed by atoms with Crippen LogP contribution in [0.5, 0.6) is 0 Å². The van der Waals surface area contributed by atoms with E-state index < -0.39 is 28.5 Å². The van der Waals surface area contributed by atoms with Gasteiger partial charge in [-0.2, -0.15) is 0 Å². The first-order chi connectivity index (χ1) is 18.4. The SMILES string of the molecule is CCCNC(=O)C(C)N(Cc1ccc(Cl)c(Cl)c1)C(=O)CN(c1cccc(C)c1)S(=O)(=O)c1ccc(Cl)cc1. The van der Waals surface area contributed by atoms with Gasteiger partial charge in [0.1, 0.15) is 12.6 Å². The number of carbonyl (C=O) groups excluding carboxylic acids is 2. The van der Waals surface area contributed by atoms with Crippen molar-refractivity contribution in [2.24, 2.45) is 0 Å². The van der Waals surface area contributed by atoms with Crippen molar-refractivity contribution in [2.75, 3.05) is 17.4 Å². The molecule has 0 aliphatic carbocycles. The Morgan fingerprint density at radius 1 is 0.949 bits per heavy atom. The van der Waals surface area contributed by atoms with E-state index in [0.717, 1.165) is 16.3 Å². The van der Waals surface area contributed by atoms with Crippen molar-refractivity contribution in [3.05, 3.63) is 92.9 Å². The molecule has 1 unspecified atom stereocenters. The second-order valence-corrected chi connectivity index (χ2v) is 12.2. The van der Waals surface area contributed by atoms with E-state index in [1.54, 1.807) is 43.3 Å². The van der Waals surface area contributed by atoms with E-state index in [2.05, 4.69) is 5.32 Å². The van der Waals surface area contributed by atoms with Gasteiger partial charge in [-0.05, 0) is 79.9 Å². The van der Waals surface area contributed by atoms with Crippen molar-refractivity contribution < 1.29 is 18.0 Å². The second-order valence-electron chi connectivity index (χ2n) is 9.04. The van der Waals surface area contributed by atoms with Crippen molar-refractivity contribution >= 4 is 62.3 Å². The van der Waals surface area contributed by atoms with Crippen LogP contribution in [0.25, 0.3) is 0 Å². The van der Waals surface area contributed by atoms with E-state index in [9.17, 15) is 18.0 Å². The van der Waals surface area contributed by atoms with Crippen molar-refractivity contribution in [1.29, 1.82) is 0 Å². The summed E-state index contributed by atoms with van der Waals surface area (Å²) >= 11 is 18.2. The summed E-state index contributed by atoms with van der Waals surface area (Å²) in [6, 6.07) is 16.6. The zero-order chi connectivity index (χ0) is 28.7. The van der Waals surface area contributed by atoms with Gasteiger partial charge in [0.2, 0.25) is 11.8 Å². The first-order valence-electron chi connectivity index (χ1n) is 12.3. The second kappa shape index (κ2) is 13.5. The van der Waals surface area contributed by atoms with Crippen LogP contribution in [-0.2, 0) is 26.2 Å². The van der Waals surface area contributed by atoms with Gasteiger partial charge < -0.3 is 10.2 Å². The Morgan fingerprint density at radius 2 is 1.64 bits per heavy atom. The molecule has 0 spiro atoms. The lowest BCUT2D eigenvalue weighted by molar-refractivity contribution is -0.139. The average molecular weight is 611 g/mol. The zero-order valence-corrected chi connectivity index (χ0v) is 24.9. The van der Waals surface area contributed by atoms with E-state index in [4.69, 9.17) is 34.8 Å². The van der Waals surface area contributed by atoms with Gasteiger partial charge in [-0.3, -0.25) is 13.9 Å². The Labute approximate surface area is 244 Å². The third-order valence-corrected chi connectivity index (χ3v) is 8.80. The minimum atomic E-state index is -4.17. The third-order valence-electron chi connectivity index (χ3n) is 6.02. The first-order valence-corrected chi connectivity index (χ1v) is 14.9.